The highest BCUT2D eigenvalue weighted by atomic mass is 32.1. The summed E-state index contributed by atoms with van der Waals surface area (Å²) in [5.74, 6) is 0. The molecule has 0 amide bonds. The smallest absolute Gasteiger partial charge is 0.398 e. The Hall–Kier alpha value is -4.33. The highest BCUT2D eigenvalue weighted by Crippen LogP contribution is 2.44. The molecule has 0 bridgehead atoms. The van der Waals surface area contributed by atoms with E-state index < -0.39 is 11.7 Å². The van der Waals surface area contributed by atoms with E-state index in [1.807, 2.05) is 47.2 Å². The van der Waals surface area contributed by atoms with Gasteiger partial charge in [0.1, 0.15) is 0 Å². The van der Waals surface area contributed by atoms with Crippen molar-refractivity contribution in [3.8, 4) is 33.4 Å². The van der Waals surface area contributed by atoms with Gasteiger partial charge in [0.15, 0.2) is 0 Å². The zero-order valence-corrected chi connectivity index (χ0v) is 22.7. The maximum atomic E-state index is 13.2. The first-order chi connectivity index (χ1) is 19.4. The molecule has 0 atom stereocenters. The topological polar surface area (TPSA) is 29.3 Å². The molecular weight excluding hydrogens is 546 g/mol. The first kappa shape index (κ1) is 25.9. The van der Waals surface area contributed by atoms with Crippen LogP contribution >= 0.6 is 22.7 Å². The lowest BCUT2D eigenvalue weighted by atomic mass is 9.95. The molecule has 40 heavy (non-hydrogen) atoms. The number of nitrogens with zero attached hydrogens (tertiary/aromatic N) is 1. The highest BCUT2D eigenvalue weighted by molar-refractivity contribution is 7.09. The lowest BCUT2D eigenvalue weighted by Gasteiger charge is -2.25. The van der Waals surface area contributed by atoms with E-state index in [-0.39, 0.29) is 5.69 Å². The lowest BCUT2D eigenvalue weighted by molar-refractivity contribution is -0.137. The predicted molar refractivity (Wildman–Crippen MR) is 163 cm³/mol. The molecule has 6 rings (SSSR count). The molecule has 2 aromatic heterocycles. The Morgan fingerprint density at radius 1 is 0.550 bits per heavy atom. The Morgan fingerprint density at radius 2 is 1.07 bits per heavy atom. The number of benzene rings is 4. The van der Waals surface area contributed by atoms with Crippen molar-refractivity contribution < 1.29 is 13.2 Å². The molecule has 0 radical (unpaired) electrons. The number of alkyl halides is 3. The van der Waals surface area contributed by atoms with Gasteiger partial charge in [-0.2, -0.15) is 24.5 Å². The number of anilines is 4. The maximum absolute atomic E-state index is 13.2. The minimum absolute atomic E-state index is 0.107. The minimum atomic E-state index is -4.43. The van der Waals surface area contributed by atoms with Crippen LogP contribution in [0.2, 0.25) is 0 Å². The molecule has 6 aromatic rings. The van der Waals surface area contributed by atoms with Gasteiger partial charge in [-0.15, -0.1) is 11.3 Å². The van der Waals surface area contributed by atoms with Crippen LogP contribution in [0.25, 0.3) is 33.4 Å². The summed E-state index contributed by atoms with van der Waals surface area (Å²) in [6.07, 6.45) is -4.43. The van der Waals surface area contributed by atoms with Crippen LogP contribution in [0.5, 0.6) is 0 Å². The second kappa shape index (κ2) is 10.7. The monoisotopic (exact) mass is 568 g/mol. The number of rotatable bonds is 6. The van der Waals surface area contributed by atoms with E-state index in [0.29, 0.717) is 5.56 Å². The van der Waals surface area contributed by atoms with E-state index in [2.05, 4.69) is 64.2 Å². The van der Waals surface area contributed by atoms with Crippen LogP contribution in [0.1, 0.15) is 5.56 Å². The SMILES string of the molecule is Nc1cc(C(F)(F)F)ccc1-c1cscc1-c1ccc(-c2cscc2N(c2ccccc2)c2ccccc2)cc1. The Morgan fingerprint density at radius 3 is 1.65 bits per heavy atom. The van der Waals surface area contributed by atoms with Gasteiger partial charge in [0, 0.05) is 50.1 Å². The van der Waals surface area contributed by atoms with Crippen LogP contribution in [0.3, 0.4) is 0 Å². The maximum Gasteiger partial charge on any atom is 0.416 e. The molecule has 2 heterocycles. The van der Waals surface area contributed by atoms with Crippen molar-refractivity contribution in [3.05, 3.63) is 130 Å². The summed E-state index contributed by atoms with van der Waals surface area (Å²) in [7, 11) is 0. The lowest BCUT2D eigenvalue weighted by Crippen LogP contribution is -2.09. The van der Waals surface area contributed by atoms with Gasteiger partial charge in [0.2, 0.25) is 0 Å². The van der Waals surface area contributed by atoms with Crippen LogP contribution in [0.4, 0.5) is 35.9 Å². The van der Waals surface area contributed by atoms with E-state index in [0.717, 1.165) is 57.0 Å². The zero-order chi connectivity index (χ0) is 27.7. The molecule has 0 unspecified atom stereocenters. The summed E-state index contributed by atoms with van der Waals surface area (Å²) in [6.45, 7) is 0. The fraction of sp³-hybridized carbons (Fsp3) is 0.0303. The summed E-state index contributed by atoms with van der Waals surface area (Å²) < 4.78 is 39.5. The van der Waals surface area contributed by atoms with E-state index in [9.17, 15) is 13.2 Å². The van der Waals surface area contributed by atoms with Crippen LogP contribution in [0.15, 0.2) is 125 Å². The largest absolute Gasteiger partial charge is 0.416 e. The molecule has 0 aliphatic carbocycles. The van der Waals surface area contributed by atoms with Crippen LogP contribution < -0.4 is 10.6 Å². The third-order valence-electron chi connectivity index (χ3n) is 6.75. The highest BCUT2D eigenvalue weighted by Gasteiger charge is 2.31. The van der Waals surface area contributed by atoms with Crippen LogP contribution in [0, 0.1) is 0 Å². The Bertz CT molecular complexity index is 1700. The number of nitrogens with two attached hydrogens (primary N) is 1. The minimum Gasteiger partial charge on any atom is -0.398 e. The van der Waals surface area contributed by atoms with Crippen LogP contribution in [-0.2, 0) is 6.18 Å². The molecule has 0 saturated heterocycles. The molecular formula is C33H23F3N2S2. The number of thiophene rings is 2. The molecule has 0 aliphatic rings. The number of hydrogen-bond acceptors (Lipinski definition) is 4. The molecule has 198 valence electrons. The molecule has 4 aromatic carbocycles. The molecule has 0 saturated carbocycles. The number of hydrogen-bond donors (Lipinski definition) is 1. The normalized spacial score (nSPS) is 11.5. The second-order valence-corrected chi connectivity index (χ2v) is 10.7. The second-order valence-electron chi connectivity index (χ2n) is 9.25. The fourth-order valence-corrected chi connectivity index (χ4v) is 6.48. The summed E-state index contributed by atoms with van der Waals surface area (Å²) in [5, 5.41) is 8.25. The van der Waals surface area contributed by atoms with Crippen molar-refractivity contribution >= 4 is 45.4 Å². The quantitative estimate of drug-likeness (QED) is 0.203. The molecule has 0 fully saturated rings. The van der Waals surface area contributed by atoms with E-state index in [4.69, 9.17) is 5.73 Å². The summed E-state index contributed by atoms with van der Waals surface area (Å²) in [5.41, 5.74) is 14.2. The Kier molecular flexibility index (Phi) is 6.92. The van der Waals surface area contributed by atoms with Crippen molar-refractivity contribution in [2.75, 3.05) is 10.6 Å². The van der Waals surface area contributed by atoms with Gasteiger partial charge in [0.05, 0.1) is 11.3 Å². The first-order valence-electron chi connectivity index (χ1n) is 12.5. The van der Waals surface area contributed by atoms with E-state index in [1.165, 1.54) is 17.4 Å². The van der Waals surface area contributed by atoms with Gasteiger partial charge in [0.25, 0.3) is 0 Å². The number of nitrogen functional groups attached to an aromatic ring is 1. The average Bonchev–Trinajstić information content (AvgIpc) is 3.65. The van der Waals surface area contributed by atoms with Gasteiger partial charge in [-0.05, 0) is 58.3 Å². The number of halogens is 3. The number of para-hydroxylation sites is 2. The molecule has 0 aliphatic heterocycles. The van der Waals surface area contributed by atoms with E-state index >= 15 is 0 Å². The molecule has 0 spiro atoms. The molecule has 2 N–H and O–H groups in total. The standard InChI is InChI=1S/C33H23F3N2S2/c34-33(35,36)24-15-16-27(31(37)17-24)30-20-39-18-28(30)22-11-13-23(14-12-22)29-19-40-21-32(29)38(25-7-3-1-4-8-25)26-9-5-2-6-10-26/h1-21H,37H2. The molecule has 7 heteroatoms. The van der Waals surface area contributed by atoms with Gasteiger partial charge in [-0.1, -0.05) is 66.7 Å². The van der Waals surface area contributed by atoms with Gasteiger partial charge in [-0.25, -0.2) is 0 Å². The summed E-state index contributed by atoms with van der Waals surface area (Å²) in [6, 6.07) is 32.4. The van der Waals surface area contributed by atoms with Gasteiger partial charge in [-0.3, -0.25) is 0 Å². The van der Waals surface area contributed by atoms with Gasteiger partial charge >= 0.3 is 6.18 Å². The fourth-order valence-electron chi connectivity index (χ4n) is 4.80. The zero-order valence-electron chi connectivity index (χ0n) is 21.1. The van der Waals surface area contributed by atoms with Gasteiger partial charge < -0.3 is 10.6 Å². The summed E-state index contributed by atoms with van der Waals surface area (Å²) in [4.78, 5) is 2.25. The predicted octanol–water partition coefficient (Wildman–Crippen LogP) is 10.9. The van der Waals surface area contributed by atoms with Crippen molar-refractivity contribution in [2.45, 2.75) is 6.18 Å². The van der Waals surface area contributed by atoms with Crippen molar-refractivity contribution in [3.63, 3.8) is 0 Å². The first-order valence-corrected chi connectivity index (χ1v) is 14.4. The molecule has 2 nitrogen and oxygen atoms in total. The summed E-state index contributed by atoms with van der Waals surface area (Å²) >= 11 is 3.15. The van der Waals surface area contributed by atoms with Crippen molar-refractivity contribution in [2.24, 2.45) is 0 Å². The van der Waals surface area contributed by atoms with Crippen LogP contribution in [-0.4, -0.2) is 0 Å². The third kappa shape index (κ3) is 5.01. The Balaban J connectivity index is 1.36. The Labute approximate surface area is 238 Å². The average molecular weight is 569 g/mol. The third-order valence-corrected chi connectivity index (χ3v) is 8.22. The van der Waals surface area contributed by atoms with Crippen molar-refractivity contribution in [1.29, 1.82) is 0 Å². The van der Waals surface area contributed by atoms with Crippen molar-refractivity contribution in [1.82, 2.24) is 0 Å². The van der Waals surface area contributed by atoms with E-state index in [1.54, 1.807) is 11.3 Å².